The second-order valence-electron chi connectivity index (χ2n) is 3.85. The third kappa shape index (κ3) is 5.58. The third-order valence-electron chi connectivity index (χ3n) is 2.88. The lowest BCUT2D eigenvalue weighted by atomic mass is 9.90. The van der Waals surface area contributed by atoms with Gasteiger partial charge in [-0.2, -0.15) is 0 Å². The summed E-state index contributed by atoms with van der Waals surface area (Å²) in [6, 6.07) is 0. The summed E-state index contributed by atoms with van der Waals surface area (Å²) in [5, 5.41) is 0. The van der Waals surface area contributed by atoms with Crippen molar-refractivity contribution in [2.75, 3.05) is 13.6 Å². The third-order valence-corrected chi connectivity index (χ3v) is 2.88. The van der Waals surface area contributed by atoms with E-state index in [0.29, 0.717) is 6.42 Å². The van der Waals surface area contributed by atoms with Gasteiger partial charge in [0.2, 0.25) is 0 Å². The Morgan fingerprint density at radius 3 is 1.93 bits per heavy atom. The van der Waals surface area contributed by atoms with E-state index < -0.39 is 6.17 Å². The van der Waals surface area contributed by atoms with Crippen LogP contribution in [0.3, 0.4) is 0 Å². The van der Waals surface area contributed by atoms with Gasteiger partial charge in [0.15, 0.2) is 0 Å². The lowest BCUT2D eigenvalue weighted by molar-refractivity contribution is 0.0984. The Morgan fingerprint density at radius 2 is 1.71 bits per heavy atom. The minimum absolute atomic E-state index is 0.0307. The maximum absolute atomic E-state index is 12.9. The van der Waals surface area contributed by atoms with E-state index in [1.54, 1.807) is 6.92 Å². The molecule has 0 saturated carbocycles. The molecule has 0 fully saturated rings. The molecule has 0 aliphatic carbocycles. The molecule has 0 aromatic carbocycles. The van der Waals surface area contributed by atoms with Crippen molar-refractivity contribution in [3.8, 4) is 0 Å². The molecule has 0 aliphatic rings. The van der Waals surface area contributed by atoms with Gasteiger partial charge < -0.3 is 4.90 Å². The highest BCUT2D eigenvalue weighted by molar-refractivity contribution is 4.84. The van der Waals surface area contributed by atoms with Crippen molar-refractivity contribution in [2.45, 2.75) is 66.1 Å². The van der Waals surface area contributed by atoms with E-state index in [1.807, 2.05) is 13.8 Å². The maximum atomic E-state index is 12.9. The van der Waals surface area contributed by atoms with Gasteiger partial charge in [-0.15, -0.1) is 0 Å². The van der Waals surface area contributed by atoms with Crippen molar-refractivity contribution in [3.05, 3.63) is 0 Å². The minimum atomic E-state index is -0.705. The van der Waals surface area contributed by atoms with E-state index in [9.17, 15) is 4.39 Å². The Bertz CT molecular complexity index is 125. The predicted molar refractivity (Wildman–Crippen MR) is 63.5 cm³/mol. The molecule has 0 amide bonds. The quantitative estimate of drug-likeness (QED) is 0.658. The number of halogens is 1. The summed E-state index contributed by atoms with van der Waals surface area (Å²) >= 11 is 0. The second kappa shape index (κ2) is 8.22. The molecular formula is C12H28FN. The fourth-order valence-corrected chi connectivity index (χ4v) is 1.56. The Labute approximate surface area is 89.7 Å². The molecule has 0 saturated heterocycles. The zero-order valence-corrected chi connectivity index (χ0v) is 11.0. The number of hydrogen-bond acceptors (Lipinski definition) is 1. The summed E-state index contributed by atoms with van der Waals surface area (Å²) in [6.45, 7) is 13.0. The second-order valence-corrected chi connectivity index (χ2v) is 3.85. The molecule has 0 aromatic heterocycles. The summed E-state index contributed by atoms with van der Waals surface area (Å²) in [6.07, 6.45) is 0.934. The molecule has 0 rings (SSSR count). The zero-order chi connectivity index (χ0) is 11.8. The normalized spacial score (nSPS) is 16.9. The van der Waals surface area contributed by atoms with Crippen LogP contribution in [0, 0.1) is 0 Å². The molecule has 1 nitrogen and oxygen atoms in total. The molecule has 0 N–H and O–H groups in total. The van der Waals surface area contributed by atoms with Gasteiger partial charge in [0.25, 0.3) is 0 Å². The highest BCUT2D eigenvalue weighted by atomic mass is 19.1. The summed E-state index contributed by atoms with van der Waals surface area (Å²) in [4.78, 5) is 2.23. The number of alkyl halides is 1. The Hall–Kier alpha value is -0.110. The number of hydrogen-bond donors (Lipinski definition) is 0. The Morgan fingerprint density at radius 1 is 1.29 bits per heavy atom. The molecule has 0 aliphatic heterocycles. The lowest BCUT2D eigenvalue weighted by Gasteiger charge is -2.38. The molecule has 2 atom stereocenters. The van der Waals surface area contributed by atoms with Gasteiger partial charge in [0, 0.05) is 5.54 Å². The van der Waals surface area contributed by atoms with Crippen molar-refractivity contribution in [1.29, 1.82) is 0 Å². The van der Waals surface area contributed by atoms with Gasteiger partial charge in [-0.1, -0.05) is 27.7 Å². The zero-order valence-electron chi connectivity index (χ0n) is 11.0. The lowest BCUT2D eigenvalue weighted by Crippen LogP contribution is -2.44. The SMILES string of the molecule is CC.CCN(C)C(C)(CC)CC(C)F. The maximum Gasteiger partial charge on any atom is 0.0991 e. The van der Waals surface area contributed by atoms with Gasteiger partial charge >= 0.3 is 0 Å². The van der Waals surface area contributed by atoms with Crippen LogP contribution in [0.2, 0.25) is 0 Å². The van der Waals surface area contributed by atoms with Crippen LogP contribution in [0.15, 0.2) is 0 Å². The summed E-state index contributed by atoms with van der Waals surface area (Å²) in [5.41, 5.74) is 0.0307. The summed E-state index contributed by atoms with van der Waals surface area (Å²) in [7, 11) is 2.06. The van der Waals surface area contributed by atoms with Crippen LogP contribution < -0.4 is 0 Å². The smallest absolute Gasteiger partial charge is 0.0991 e. The first kappa shape index (κ1) is 16.3. The van der Waals surface area contributed by atoms with E-state index in [0.717, 1.165) is 13.0 Å². The number of rotatable bonds is 5. The molecule has 0 bridgehead atoms. The first-order valence-corrected chi connectivity index (χ1v) is 5.81. The van der Waals surface area contributed by atoms with Crippen molar-refractivity contribution >= 4 is 0 Å². The van der Waals surface area contributed by atoms with Crippen LogP contribution in [-0.2, 0) is 0 Å². The first-order chi connectivity index (χ1) is 6.46. The summed E-state index contributed by atoms with van der Waals surface area (Å²) in [5.74, 6) is 0. The fourth-order valence-electron chi connectivity index (χ4n) is 1.56. The molecule has 0 heterocycles. The van der Waals surface area contributed by atoms with E-state index >= 15 is 0 Å². The van der Waals surface area contributed by atoms with Crippen LogP contribution in [0.5, 0.6) is 0 Å². The van der Waals surface area contributed by atoms with Crippen molar-refractivity contribution in [2.24, 2.45) is 0 Å². The molecule has 2 unspecified atom stereocenters. The van der Waals surface area contributed by atoms with Crippen molar-refractivity contribution < 1.29 is 4.39 Å². The molecular weight excluding hydrogens is 177 g/mol. The largest absolute Gasteiger partial charge is 0.301 e. The van der Waals surface area contributed by atoms with Gasteiger partial charge in [-0.25, -0.2) is 4.39 Å². The average Bonchev–Trinajstić information content (AvgIpc) is 2.18. The van der Waals surface area contributed by atoms with Crippen LogP contribution in [-0.4, -0.2) is 30.2 Å². The van der Waals surface area contributed by atoms with E-state index in [4.69, 9.17) is 0 Å². The molecule has 0 aromatic rings. The Balaban J connectivity index is 0. The molecule has 0 spiro atoms. The predicted octanol–water partition coefficient (Wildman–Crippen LogP) is 3.88. The van der Waals surface area contributed by atoms with Gasteiger partial charge in [-0.3, -0.25) is 0 Å². The van der Waals surface area contributed by atoms with Crippen molar-refractivity contribution in [3.63, 3.8) is 0 Å². The van der Waals surface area contributed by atoms with Gasteiger partial charge in [0.1, 0.15) is 0 Å². The summed E-state index contributed by atoms with van der Waals surface area (Å²) < 4.78 is 12.9. The molecule has 0 radical (unpaired) electrons. The molecule has 14 heavy (non-hydrogen) atoms. The molecule has 88 valence electrons. The van der Waals surface area contributed by atoms with Crippen LogP contribution in [0.4, 0.5) is 4.39 Å². The highest BCUT2D eigenvalue weighted by Gasteiger charge is 2.28. The fraction of sp³-hybridized carbons (Fsp3) is 1.00. The standard InChI is InChI=1S/C10H22FN.C2H6/c1-6-10(4,8-9(3)11)12(5)7-2;1-2/h9H,6-8H2,1-5H3;1-2H3. The van der Waals surface area contributed by atoms with Gasteiger partial charge in [0.05, 0.1) is 6.17 Å². The topological polar surface area (TPSA) is 3.24 Å². The molecule has 2 heteroatoms. The number of nitrogens with zero attached hydrogens (tertiary/aromatic N) is 1. The van der Waals surface area contributed by atoms with E-state index in [-0.39, 0.29) is 5.54 Å². The Kier molecular flexibility index (Phi) is 9.58. The van der Waals surface area contributed by atoms with Crippen molar-refractivity contribution in [1.82, 2.24) is 4.90 Å². The van der Waals surface area contributed by atoms with Gasteiger partial charge in [-0.05, 0) is 40.3 Å². The van der Waals surface area contributed by atoms with Crippen LogP contribution in [0.1, 0.15) is 54.4 Å². The van der Waals surface area contributed by atoms with Crippen LogP contribution >= 0.6 is 0 Å². The average molecular weight is 205 g/mol. The minimum Gasteiger partial charge on any atom is -0.301 e. The van der Waals surface area contributed by atoms with E-state index in [2.05, 4.69) is 32.7 Å². The first-order valence-electron chi connectivity index (χ1n) is 5.81. The van der Waals surface area contributed by atoms with Crippen LogP contribution in [0.25, 0.3) is 0 Å². The monoisotopic (exact) mass is 205 g/mol. The highest BCUT2D eigenvalue weighted by Crippen LogP contribution is 2.24. The van der Waals surface area contributed by atoms with E-state index in [1.165, 1.54) is 0 Å².